The predicted octanol–water partition coefficient (Wildman–Crippen LogP) is 4.49. The minimum atomic E-state index is -0.117. The van der Waals surface area contributed by atoms with Crippen molar-refractivity contribution in [2.24, 2.45) is 5.92 Å². The van der Waals surface area contributed by atoms with E-state index < -0.39 is 0 Å². The Kier molecular flexibility index (Phi) is 6.47. The Hall–Kier alpha value is -0.250. The van der Waals surface area contributed by atoms with Crippen molar-refractivity contribution in [1.29, 1.82) is 0 Å². The largest absolute Gasteiger partial charge is 0.349 e. The molecular weight excluding hydrogens is 337 g/mol. The third kappa shape index (κ3) is 4.45. The predicted molar refractivity (Wildman–Crippen MR) is 80.6 cm³/mol. The number of hydrogen-bond donors (Lipinski definition) is 1. The highest BCUT2D eigenvalue weighted by Gasteiger charge is 2.17. The SMILES string of the molecule is CC(C)C(CCCl)NC(=O)c1ccc(Br)c(Cl)c1. The molecule has 2 nitrogen and oxygen atoms in total. The average molecular weight is 353 g/mol. The molecule has 1 aromatic carbocycles. The maximum atomic E-state index is 12.1. The van der Waals surface area contributed by atoms with Gasteiger partial charge in [-0.15, -0.1) is 11.6 Å². The van der Waals surface area contributed by atoms with Crippen molar-refractivity contribution < 1.29 is 4.79 Å². The lowest BCUT2D eigenvalue weighted by Crippen LogP contribution is -2.38. The number of carbonyl (C=O) groups excluding carboxylic acids is 1. The van der Waals surface area contributed by atoms with E-state index in [-0.39, 0.29) is 11.9 Å². The number of amides is 1. The summed E-state index contributed by atoms with van der Waals surface area (Å²) in [5, 5.41) is 3.51. The number of alkyl halides is 1. The minimum absolute atomic E-state index is 0.0809. The Morgan fingerprint density at radius 1 is 1.44 bits per heavy atom. The van der Waals surface area contributed by atoms with Crippen molar-refractivity contribution in [1.82, 2.24) is 5.32 Å². The molecule has 0 aliphatic heterocycles. The number of hydrogen-bond acceptors (Lipinski definition) is 1. The molecule has 0 saturated heterocycles. The van der Waals surface area contributed by atoms with Crippen LogP contribution in [-0.2, 0) is 0 Å². The third-order valence-electron chi connectivity index (χ3n) is 2.72. The Balaban J connectivity index is 2.77. The topological polar surface area (TPSA) is 29.1 Å². The molecular formula is C13H16BrCl2NO. The van der Waals surface area contributed by atoms with E-state index in [9.17, 15) is 4.79 Å². The van der Waals surface area contributed by atoms with E-state index in [2.05, 4.69) is 35.1 Å². The van der Waals surface area contributed by atoms with Gasteiger partial charge in [0.05, 0.1) is 5.02 Å². The van der Waals surface area contributed by atoms with Gasteiger partial charge in [-0.25, -0.2) is 0 Å². The number of nitrogens with one attached hydrogen (secondary N) is 1. The van der Waals surface area contributed by atoms with Crippen molar-refractivity contribution in [3.63, 3.8) is 0 Å². The van der Waals surface area contributed by atoms with Gasteiger partial charge < -0.3 is 5.32 Å². The maximum Gasteiger partial charge on any atom is 0.251 e. The minimum Gasteiger partial charge on any atom is -0.349 e. The van der Waals surface area contributed by atoms with E-state index in [0.717, 1.165) is 10.9 Å². The average Bonchev–Trinajstić information content (AvgIpc) is 2.31. The molecule has 1 amide bonds. The van der Waals surface area contributed by atoms with Gasteiger partial charge in [-0.2, -0.15) is 0 Å². The lowest BCUT2D eigenvalue weighted by molar-refractivity contribution is 0.0925. The quantitative estimate of drug-likeness (QED) is 0.777. The maximum absolute atomic E-state index is 12.1. The summed E-state index contributed by atoms with van der Waals surface area (Å²) < 4.78 is 0.780. The molecule has 1 rings (SSSR count). The van der Waals surface area contributed by atoms with Crippen LogP contribution >= 0.6 is 39.1 Å². The van der Waals surface area contributed by atoms with Gasteiger partial charge in [0.15, 0.2) is 0 Å². The fourth-order valence-corrected chi connectivity index (χ4v) is 2.24. The van der Waals surface area contributed by atoms with E-state index in [1.54, 1.807) is 18.2 Å². The molecule has 1 atom stereocenters. The van der Waals surface area contributed by atoms with Gasteiger partial charge in [-0.1, -0.05) is 25.4 Å². The Labute approximate surface area is 126 Å². The summed E-state index contributed by atoms with van der Waals surface area (Å²) in [6, 6.07) is 5.24. The Bertz CT molecular complexity index is 423. The van der Waals surface area contributed by atoms with Crippen LogP contribution in [0.15, 0.2) is 22.7 Å². The van der Waals surface area contributed by atoms with Crippen molar-refractivity contribution in [2.45, 2.75) is 26.3 Å². The third-order valence-corrected chi connectivity index (χ3v) is 4.17. The van der Waals surface area contributed by atoms with Crippen LogP contribution in [0.3, 0.4) is 0 Å². The number of benzene rings is 1. The molecule has 100 valence electrons. The lowest BCUT2D eigenvalue weighted by atomic mass is 10.0. The molecule has 0 aliphatic carbocycles. The van der Waals surface area contributed by atoms with Gasteiger partial charge in [0.2, 0.25) is 0 Å². The van der Waals surface area contributed by atoms with Gasteiger partial charge in [0.25, 0.3) is 5.91 Å². The van der Waals surface area contributed by atoms with Gasteiger partial charge in [0, 0.05) is 22.0 Å². The summed E-state index contributed by atoms with van der Waals surface area (Å²) in [5.74, 6) is 0.761. The van der Waals surface area contributed by atoms with Gasteiger partial charge in [0.1, 0.15) is 0 Å². The molecule has 0 heterocycles. The molecule has 1 N–H and O–H groups in total. The van der Waals surface area contributed by atoms with E-state index in [1.165, 1.54) is 0 Å². The molecule has 0 radical (unpaired) electrons. The van der Waals surface area contributed by atoms with Crippen LogP contribution in [0.4, 0.5) is 0 Å². The number of halogens is 3. The first-order valence-electron chi connectivity index (χ1n) is 5.77. The molecule has 0 bridgehead atoms. The van der Waals surface area contributed by atoms with E-state index >= 15 is 0 Å². The zero-order valence-corrected chi connectivity index (χ0v) is 13.4. The van der Waals surface area contributed by atoms with Crippen molar-refractivity contribution in [2.75, 3.05) is 5.88 Å². The summed E-state index contributed by atoms with van der Waals surface area (Å²) in [6.45, 7) is 4.12. The fourth-order valence-electron chi connectivity index (χ4n) is 1.58. The molecule has 1 aromatic rings. The van der Waals surface area contributed by atoms with E-state index in [1.807, 2.05) is 0 Å². The lowest BCUT2D eigenvalue weighted by Gasteiger charge is -2.21. The second-order valence-corrected chi connectivity index (χ2v) is 6.07. The monoisotopic (exact) mass is 351 g/mol. The van der Waals surface area contributed by atoms with Crippen LogP contribution in [0.25, 0.3) is 0 Å². The number of carbonyl (C=O) groups is 1. The Morgan fingerprint density at radius 2 is 2.11 bits per heavy atom. The van der Waals surface area contributed by atoms with Crippen LogP contribution in [0.2, 0.25) is 5.02 Å². The van der Waals surface area contributed by atoms with Crippen LogP contribution in [0.5, 0.6) is 0 Å². The molecule has 0 fully saturated rings. The first kappa shape index (κ1) is 15.8. The zero-order chi connectivity index (χ0) is 13.7. The molecule has 1 unspecified atom stereocenters. The first-order chi connectivity index (χ1) is 8.45. The number of rotatable bonds is 5. The summed E-state index contributed by atoms with van der Waals surface area (Å²) >= 11 is 15.0. The van der Waals surface area contributed by atoms with E-state index in [0.29, 0.717) is 22.4 Å². The van der Waals surface area contributed by atoms with Crippen LogP contribution in [0.1, 0.15) is 30.6 Å². The van der Waals surface area contributed by atoms with E-state index in [4.69, 9.17) is 23.2 Å². The van der Waals surface area contributed by atoms with Crippen LogP contribution in [-0.4, -0.2) is 17.8 Å². The molecule has 5 heteroatoms. The van der Waals surface area contributed by atoms with Crippen LogP contribution in [0, 0.1) is 5.92 Å². The summed E-state index contributed by atoms with van der Waals surface area (Å²) in [5.41, 5.74) is 0.559. The summed E-state index contributed by atoms with van der Waals surface area (Å²) in [4.78, 5) is 12.1. The van der Waals surface area contributed by atoms with Gasteiger partial charge in [-0.3, -0.25) is 4.79 Å². The Morgan fingerprint density at radius 3 is 2.61 bits per heavy atom. The molecule has 0 saturated carbocycles. The van der Waals surface area contributed by atoms with Crippen molar-refractivity contribution >= 4 is 45.0 Å². The van der Waals surface area contributed by atoms with Crippen molar-refractivity contribution in [3.05, 3.63) is 33.3 Å². The highest BCUT2D eigenvalue weighted by Crippen LogP contribution is 2.23. The van der Waals surface area contributed by atoms with Crippen molar-refractivity contribution in [3.8, 4) is 0 Å². The normalized spacial score (nSPS) is 12.6. The zero-order valence-electron chi connectivity index (χ0n) is 10.3. The molecule has 0 aliphatic rings. The summed E-state index contributed by atoms with van der Waals surface area (Å²) in [7, 11) is 0. The summed E-state index contributed by atoms with van der Waals surface area (Å²) in [6.07, 6.45) is 0.759. The highest BCUT2D eigenvalue weighted by atomic mass is 79.9. The highest BCUT2D eigenvalue weighted by molar-refractivity contribution is 9.10. The standard InChI is InChI=1S/C13H16BrCl2NO/c1-8(2)12(5-6-15)17-13(18)9-3-4-10(14)11(16)7-9/h3-4,7-8,12H,5-6H2,1-2H3,(H,17,18). The van der Waals surface area contributed by atoms with Crippen LogP contribution < -0.4 is 5.32 Å². The van der Waals surface area contributed by atoms with Gasteiger partial charge >= 0.3 is 0 Å². The second-order valence-electron chi connectivity index (χ2n) is 4.43. The molecule has 18 heavy (non-hydrogen) atoms. The smallest absolute Gasteiger partial charge is 0.251 e. The first-order valence-corrected chi connectivity index (χ1v) is 7.48. The van der Waals surface area contributed by atoms with Gasteiger partial charge in [-0.05, 0) is 46.5 Å². The fraction of sp³-hybridized carbons (Fsp3) is 0.462. The molecule has 0 spiro atoms. The second kappa shape index (κ2) is 7.37. The molecule has 0 aromatic heterocycles.